The first kappa shape index (κ1) is 27.0. The Bertz CT molecular complexity index is 1360. The van der Waals surface area contributed by atoms with E-state index in [2.05, 4.69) is 12.2 Å². The van der Waals surface area contributed by atoms with E-state index in [1.807, 2.05) is 54.6 Å². The second-order valence-corrected chi connectivity index (χ2v) is 9.89. The van der Waals surface area contributed by atoms with Crippen LogP contribution in [0, 0.1) is 0 Å². The maximum Gasteiger partial charge on any atom is 0.256 e. The molecule has 190 valence electrons. The number of hydrogen-bond acceptors (Lipinski definition) is 3. The van der Waals surface area contributed by atoms with Crippen LogP contribution in [0.5, 0.6) is 5.88 Å². The van der Waals surface area contributed by atoms with Gasteiger partial charge in [0.2, 0.25) is 5.88 Å². The first-order valence-corrected chi connectivity index (χ1v) is 13.3. The Morgan fingerprint density at radius 2 is 1.59 bits per heavy atom. The number of nitrogens with zero attached hydrogens (tertiary/aromatic N) is 1. The second kappa shape index (κ2) is 13.0. The van der Waals surface area contributed by atoms with Gasteiger partial charge in [0.05, 0.1) is 10.7 Å². The maximum absolute atomic E-state index is 13.3. The third-order valence-electron chi connectivity index (χ3n) is 5.86. The number of pyridine rings is 1. The van der Waals surface area contributed by atoms with Gasteiger partial charge in [0, 0.05) is 27.7 Å². The number of ether oxygens (including phenoxy) is 1. The van der Waals surface area contributed by atoms with Gasteiger partial charge in [0.25, 0.3) is 5.91 Å². The van der Waals surface area contributed by atoms with Crippen molar-refractivity contribution in [2.75, 3.05) is 6.54 Å². The first-order valence-electron chi connectivity index (χ1n) is 12.2. The Morgan fingerprint density at radius 3 is 2.30 bits per heavy atom. The van der Waals surface area contributed by atoms with Crippen LogP contribution >= 0.6 is 34.8 Å². The van der Waals surface area contributed by atoms with Gasteiger partial charge >= 0.3 is 0 Å². The third-order valence-corrected chi connectivity index (χ3v) is 6.66. The van der Waals surface area contributed by atoms with Crippen molar-refractivity contribution < 1.29 is 9.53 Å². The van der Waals surface area contributed by atoms with Gasteiger partial charge < -0.3 is 10.1 Å². The van der Waals surface area contributed by atoms with Crippen molar-refractivity contribution in [2.24, 2.45) is 0 Å². The Labute approximate surface area is 232 Å². The molecule has 37 heavy (non-hydrogen) atoms. The molecule has 4 aromatic rings. The molecule has 0 radical (unpaired) electrons. The maximum atomic E-state index is 13.3. The van der Waals surface area contributed by atoms with E-state index in [1.165, 1.54) is 0 Å². The predicted molar refractivity (Wildman–Crippen MR) is 153 cm³/mol. The summed E-state index contributed by atoms with van der Waals surface area (Å²) in [5, 5.41) is 4.59. The fourth-order valence-corrected chi connectivity index (χ4v) is 4.53. The van der Waals surface area contributed by atoms with Crippen LogP contribution in [-0.2, 0) is 6.61 Å². The minimum atomic E-state index is -0.240. The highest BCUT2D eigenvalue weighted by Gasteiger charge is 2.22. The normalized spacial score (nSPS) is 10.8. The molecule has 4 rings (SSSR count). The van der Waals surface area contributed by atoms with Crippen molar-refractivity contribution in [2.45, 2.75) is 32.8 Å². The zero-order chi connectivity index (χ0) is 26.2. The standard InChI is InChI=1S/C30H27Cl3N2O2/c1-2-3-7-16-34-29(36)26-18-25(21-10-12-22(31)13-11-21)28(24-15-14-23(32)17-27(24)33)35-30(26)37-19-20-8-5-4-6-9-20/h4-6,8-15,17-18H,2-3,7,16,19H2,1H3,(H,34,36). The number of aromatic nitrogens is 1. The van der Waals surface area contributed by atoms with Crippen molar-refractivity contribution in [3.8, 4) is 28.3 Å². The van der Waals surface area contributed by atoms with Gasteiger partial charge in [-0.1, -0.05) is 97.0 Å². The molecule has 1 heterocycles. The topological polar surface area (TPSA) is 51.2 Å². The van der Waals surface area contributed by atoms with E-state index in [4.69, 9.17) is 44.5 Å². The van der Waals surface area contributed by atoms with E-state index in [0.29, 0.717) is 38.4 Å². The molecule has 1 amide bonds. The Balaban J connectivity index is 1.83. The van der Waals surface area contributed by atoms with Crippen LogP contribution in [0.25, 0.3) is 22.4 Å². The highest BCUT2D eigenvalue weighted by Crippen LogP contribution is 2.39. The summed E-state index contributed by atoms with van der Waals surface area (Å²) in [6.45, 7) is 2.96. The zero-order valence-corrected chi connectivity index (χ0v) is 22.7. The summed E-state index contributed by atoms with van der Waals surface area (Å²) in [5.74, 6) is -0.00814. The molecule has 0 aliphatic carbocycles. The van der Waals surface area contributed by atoms with E-state index in [-0.39, 0.29) is 18.4 Å². The summed E-state index contributed by atoms with van der Waals surface area (Å²) in [5.41, 5.74) is 4.14. The number of amides is 1. The average molecular weight is 554 g/mol. The van der Waals surface area contributed by atoms with E-state index >= 15 is 0 Å². The number of rotatable bonds is 10. The molecule has 0 atom stereocenters. The molecule has 1 N–H and O–H groups in total. The quantitative estimate of drug-likeness (QED) is 0.200. The van der Waals surface area contributed by atoms with Gasteiger partial charge in [0.1, 0.15) is 12.2 Å². The van der Waals surface area contributed by atoms with E-state index in [1.54, 1.807) is 24.3 Å². The number of unbranched alkanes of at least 4 members (excludes halogenated alkanes) is 2. The minimum absolute atomic E-state index is 0.232. The van der Waals surface area contributed by atoms with Crippen LogP contribution in [0.1, 0.15) is 42.1 Å². The van der Waals surface area contributed by atoms with Gasteiger partial charge in [-0.2, -0.15) is 0 Å². The van der Waals surface area contributed by atoms with E-state index in [0.717, 1.165) is 36.0 Å². The molecule has 3 aromatic carbocycles. The van der Waals surface area contributed by atoms with Gasteiger partial charge in [-0.25, -0.2) is 4.98 Å². The van der Waals surface area contributed by atoms with Crippen LogP contribution in [0.4, 0.5) is 0 Å². The van der Waals surface area contributed by atoms with Crippen LogP contribution < -0.4 is 10.1 Å². The third kappa shape index (κ3) is 7.04. The molecular formula is C30H27Cl3N2O2. The molecule has 0 bridgehead atoms. The van der Waals surface area contributed by atoms with Crippen molar-refractivity contribution in [3.05, 3.63) is 105 Å². The average Bonchev–Trinajstić information content (AvgIpc) is 2.90. The summed E-state index contributed by atoms with van der Waals surface area (Å²) in [7, 11) is 0. The number of nitrogens with one attached hydrogen (secondary N) is 1. The minimum Gasteiger partial charge on any atom is -0.472 e. The number of hydrogen-bond donors (Lipinski definition) is 1. The molecule has 0 fully saturated rings. The van der Waals surface area contributed by atoms with E-state index in [9.17, 15) is 4.79 Å². The van der Waals surface area contributed by atoms with Gasteiger partial charge in [0.15, 0.2) is 0 Å². The largest absolute Gasteiger partial charge is 0.472 e. The van der Waals surface area contributed by atoms with Crippen LogP contribution in [0.3, 0.4) is 0 Å². The van der Waals surface area contributed by atoms with Crippen LogP contribution in [0.2, 0.25) is 15.1 Å². The smallest absolute Gasteiger partial charge is 0.256 e. The van der Waals surface area contributed by atoms with Gasteiger partial charge in [-0.15, -0.1) is 0 Å². The molecular weight excluding hydrogens is 527 g/mol. The second-order valence-electron chi connectivity index (χ2n) is 8.61. The lowest BCUT2D eigenvalue weighted by atomic mass is 9.97. The van der Waals surface area contributed by atoms with Crippen molar-refractivity contribution in [3.63, 3.8) is 0 Å². The molecule has 1 aromatic heterocycles. The van der Waals surface area contributed by atoms with Crippen LogP contribution in [0.15, 0.2) is 78.9 Å². The van der Waals surface area contributed by atoms with Crippen molar-refractivity contribution in [1.29, 1.82) is 0 Å². The summed E-state index contributed by atoms with van der Waals surface area (Å²) in [6, 6.07) is 24.2. The monoisotopic (exact) mass is 552 g/mol. The molecule has 0 saturated carbocycles. The molecule has 0 unspecified atom stereocenters. The Kier molecular flexibility index (Phi) is 9.45. The number of halogens is 3. The fraction of sp³-hybridized carbons (Fsp3) is 0.200. The predicted octanol–water partition coefficient (Wildman–Crippen LogP) is 8.87. The Hall–Kier alpha value is -3.05. The molecule has 7 heteroatoms. The van der Waals surface area contributed by atoms with Gasteiger partial charge in [-0.05, 0) is 53.9 Å². The number of benzene rings is 3. The number of carbonyl (C=O) groups excluding carboxylic acids is 1. The fourth-order valence-electron chi connectivity index (χ4n) is 3.90. The zero-order valence-electron chi connectivity index (χ0n) is 20.4. The molecule has 0 saturated heterocycles. The SMILES string of the molecule is CCCCCNC(=O)c1cc(-c2ccc(Cl)cc2)c(-c2ccc(Cl)cc2Cl)nc1OCc1ccccc1. The van der Waals surface area contributed by atoms with Gasteiger partial charge in [-0.3, -0.25) is 4.79 Å². The lowest BCUT2D eigenvalue weighted by Crippen LogP contribution is -2.25. The highest BCUT2D eigenvalue weighted by molar-refractivity contribution is 6.36. The molecule has 0 spiro atoms. The molecule has 0 aliphatic rings. The Morgan fingerprint density at radius 1 is 0.865 bits per heavy atom. The lowest BCUT2D eigenvalue weighted by molar-refractivity contribution is 0.0947. The summed E-state index contributed by atoms with van der Waals surface area (Å²) < 4.78 is 6.15. The summed E-state index contributed by atoms with van der Waals surface area (Å²) >= 11 is 18.9. The van der Waals surface area contributed by atoms with Crippen LogP contribution in [-0.4, -0.2) is 17.4 Å². The van der Waals surface area contributed by atoms with Crippen molar-refractivity contribution in [1.82, 2.24) is 10.3 Å². The summed E-state index contributed by atoms with van der Waals surface area (Å²) in [4.78, 5) is 18.2. The first-order chi connectivity index (χ1) is 18.0. The molecule has 4 nitrogen and oxygen atoms in total. The van der Waals surface area contributed by atoms with E-state index < -0.39 is 0 Å². The lowest BCUT2D eigenvalue weighted by Gasteiger charge is -2.17. The summed E-state index contributed by atoms with van der Waals surface area (Å²) in [6.07, 6.45) is 3.01. The number of carbonyl (C=O) groups is 1. The van der Waals surface area contributed by atoms with Crippen molar-refractivity contribution >= 4 is 40.7 Å². The molecule has 0 aliphatic heterocycles. The highest BCUT2D eigenvalue weighted by atomic mass is 35.5.